The minimum atomic E-state index is -0.502. The Morgan fingerprint density at radius 1 is 0.700 bits per heavy atom. The van der Waals surface area contributed by atoms with Crippen molar-refractivity contribution in [1.29, 1.82) is 0 Å². The van der Waals surface area contributed by atoms with E-state index >= 15 is 0 Å². The Bertz CT molecular complexity index is 1390. The molecule has 2 aliphatic heterocycles. The van der Waals surface area contributed by atoms with Crippen LogP contribution < -0.4 is 10.6 Å². The fourth-order valence-electron chi connectivity index (χ4n) is 3.51. The van der Waals surface area contributed by atoms with E-state index in [1.165, 1.54) is 9.80 Å². The summed E-state index contributed by atoms with van der Waals surface area (Å²) in [5, 5.41) is 6.29. The molecule has 0 unspecified atom stereocenters. The average Bonchev–Trinajstić information content (AvgIpc) is 3.35. The van der Waals surface area contributed by atoms with Gasteiger partial charge >= 0.3 is 0 Å². The van der Waals surface area contributed by atoms with Crippen molar-refractivity contribution in [3.05, 3.63) is 66.3 Å². The van der Waals surface area contributed by atoms with Gasteiger partial charge in [0, 0.05) is 25.9 Å². The van der Waals surface area contributed by atoms with Crippen LogP contribution in [0.15, 0.2) is 46.2 Å². The lowest BCUT2D eigenvalue weighted by atomic mass is 10.3. The zero-order chi connectivity index (χ0) is 29.1. The Labute approximate surface area is 268 Å². The molecule has 208 valence electrons. The van der Waals surface area contributed by atoms with Crippen molar-refractivity contribution in [3.8, 4) is 0 Å². The number of thioether (sulfide) groups is 2. The van der Waals surface area contributed by atoms with E-state index in [-0.39, 0.29) is 54.4 Å². The van der Waals surface area contributed by atoms with Gasteiger partial charge in [-0.05, 0) is 24.3 Å². The molecule has 4 rings (SSSR count). The van der Waals surface area contributed by atoms with Crippen molar-refractivity contribution in [1.82, 2.24) is 9.80 Å². The van der Waals surface area contributed by atoms with Crippen LogP contribution >= 0.6 is 94.4 Å². The van der Waals surface area contributed by atoms with Crippen molar-refractivity contribution < 1.29 is 19.2 Å². The van der Waals surface area contributed by atoms with Gasteiger partial charge in [-0.25, -0.2) is 0 Å². The van der Waals surface area contributed by atoms with Crippen LogP contribution in [0.3, 0.4) is 0 Å². The van der Waals surface area contributed by atoms with Crippen LogP contribution in [-0.4, -0.2) is 55.2 Å². The first-order chi connectivity index (χ1) is 19.0. The van der Waals surface area contributed by atoms with E-state index in [9.17, 15) is 19.2 Å². The summed E-state index contributed by atoms with van der Waals surface area (Å²) in [5.41, 5.74) is 0.690. The highest BCUT2D eigenvalue weighted by atomic mass is 35.5. The molecule has 40 heavy (non-hydrogen) atoms. The number of thiocarbonyl (C=S) groups is 2. The molecule has 2 aromatic carbocycles. The number of amides is 4. The van der Waals surface area contributed by atoms with Crippen LogP contribution in [0.1, 0.15) is 12.8 Å². The zero-order valence-corrected chi connectivity index (χ0v) is 26.3. The maximum absolute atomic E-state index is 13.1. The van der Waals surface area contributed by atoms with Crippen LogP contribution in [0.25, 0.3) is 0 Å². The van der Waals surface area contributed by atoms with E-state index in [4.69, 9.17) is 70.8 Å². The summed E-state index contributed by atoms with van der Waals surface area (Å²) in [7, 11) is 0. The quantitative estimate of drug-likeness (QED) is 0.236. The molecular weight excluding hydrogens is 678 g/mol. The maximum Gasteiger partial charge on any atom is 0.267 e. The summed E-state index contributed by atoms with van der Waals surface area (Å²) in [6.07, 6.45) is -0.148. The van der Waals surface area contributed by atoms with Gasteiger partial charge in [-0.15, -0.1) is 0 Å². The molecule has 2 N–H and O–H groups in total. The van der Waals surface area contributed by atoms with Gasteiger partial charge in [0.15, 0.2) is 0 Å². The molecule has 2 heterocycles. The topological polar surface area (TPSA) is 98.8 Å². The minimum Gasteiger partial charge on any atom is -0.325 e. The van der Waals surface area contributed by atoms with Gasteiger partial charge in [-0.1, -0.05) is 106 Å². The molecule has 0 bridgehead atoms. The lowest BCUT2D eigenvalue weighted by molar-refractivity contribution is -0.125. The third-order valence-corrected chi connectivity index (χ3v) is 10.1. The number of nitrogens with one attached hydrogen (secondary N) is 2. The lowest BCUT2D eigenvalue weighted by Crippen LogP contribution is -2.33. The van der Waals surface area contributed by atoms with E-state index in [1.54, 1.807) is 36.4 Å². The van der Waals surface area contributed by atoms with Gasteiger partial charge in [-0.3, -0.25) is 29.0 Å². The SMILES string of the molecule is O=C(CCN1C(=O)/C(=C2\SC(=S)N(CCC(=O)Nc3cccc(Cl)c3Cl)C2=O)SC1=S)Nc1cccc(Cl)c1Cl. The number of carbonyl (C=O) groups excluding carboxylic acids is 4. The predicted molar refractivity (Wildman–Crippen MR) is 170 cm³/mol. The van der Waals surface area contributed by atoms with E-state index in [0.717, 1.165) is 23.5 Å². The van der Waals surface area contributed by atoms with Gasteiger partial charge in [0.1, 0.15) is 8.64 Å². The van der Waals surface area contributed by atoms with Crippen LogP contribution in [0.2, 0.25) is 20.1 Å². The summed E-state index contributed by atoms with van der Waals surface area (Å²) >= 11 is 36.8. The van der Waals surface area contributed by atoms with Gasteiger partial charge in [-0.2, -0.15) is 0 Å². The molecule has 4 amide bonds. The van der Waals surface area contributed by atoms with Crippen molar-refractivity contribution in [2.45, 2.75) is 12.8 Å². The number of carbonyl (C=O) groups is 4. The Hall–Kier alpha value is -1.90. The highest BCUT2D eigenvalue weighted by Gasteiger charge is 2.42. The smallest absolute Gasteiger partial charge is 0.267 e. The van der Waals surface area contributed by atoms with E-state index in [2.05, 4.69) is 10.6 Å². The van der Waals surface area contributed by atoms with Crippen LogP contribution in [0, 0.1) is 0 Å². The van der Waals surface area contributed by atoms with Crippen molar-refractivity contribution in [2.75, 3.05) is 23.7 Å². The second-order valence-electron chi connectivity index (χ2n) is 8.11. The fourth-order valence-corrected chi connectivity index (χ4v) is 6.98. The molecular formula is C24H16Cl4N4O4S4. The van der Waals surface area contributed by atoms with Crippen molar-refractivity contribution >= 4 is 138 Å². The molecule has 16 heteroatoms. The summed E-state index contributed by atoms with van der Waals surface area (Å²) in [6.45, 7) is -0.0184. The molecule has 2 aromatic rings. The largest absolute Gasteiger partial charge is 0.325 e. The normalized spacial score (nSPS) is 17.2. The molecule has 0 spiro atoms. The molecule has 2 aliphatic rings. The first kappa shape index (κ1) is 31.0. The van der Waals surface area contributed by atoms with Crippen LogP contribution in [-0.2, 0) is 19.2 Å². The third-order valence-electron chi connectivity index (χ3n) is 5.48. The number of halogens is 4. The highest BCUT2D eigenvalue weighted by Crippen LogP contribution is 2.42. The minimum absolute atomic E-state index is 0.00921. The number of benzene rings is 2. The monoisotopic (exact) mass is 692 g/mol. The molecule has 8 nitrogen and oxygen atoms in total. The number of anilines is 2. The Kier molecular flexibility index (Phi) is 10.4. The second kappa shape index (κ2) is 13.4. The highest BCUT2D eigenvalue weighted by molar-refractivity contribution is 8.29. The number of rotatable bonds is 8. The maximum atomic E-state index is 13.1. The molecule has 0 radical (unpaired) electrons. The molecule has 2 fully saturated rings. The summed E-state index contributed by atoms with van der Waals surface area (Å²) in [5.74, 6) is -1.81. The van der Waals surface area contributed by atoms with E-state index in [0.29, 0.717) is 21.4 Å². The molecule has 0 saturated carbocycles. The Morgan fingerprint density at radius 2 is 1.07 bits per heavy atom. The van der Waals surface area contributed by atoms with E-state index in [1.807, 2.05) is 0 Å². The molecule has 0 atom stereocenters. The summed E-state index contributed by atoms with van der Waals surface area (Å²) < 4.78 is 0.410. The van der Waals surface area contributed by atoms with Gasteiger partial charge < -0.3 is 10.6 Å². The average molecular weight is 694 g/mol. The van der Waals surface area contributed by atoms with Crippen LogP contribution in [0.5, 0.6) is 0 Å². The molecule has 0 aromatic heterocycles. The predicted octanol–water partition coefficient (Wildman–Crippen LogP) is 6.59. The standard InChI is InChI=1S/C24H16Cl4N4O4S4/c25-11-3-1-5-13(17(11)27)29-15(33)7-9-31-21(35)19(39-23(31)37)20-22(36)32(24(38)40-20)10-8-16(34)30-14-6-2-4-12(26)18(14)28/h1-6H,7-10H2,(H,29,33)(H,30,34)/b20-19+. The fraction of sp³-hybridized carbons (Fsp3) is 0.167. The first-order valence-corrected chi connectivity index (χ1v) is 15.2. The summed E-state index contributed by atoms with van der Waals surface area (Å²) in [6, 6.07) is 9.67. The van der Waals surface area contributed by atoms with Gasteiger partial charge in [0.05, 0.1) is 41.3 Å². The van der Waals surface area contributed by atoms with Crippen molar-refractivity contribution in [3.63, 3.8) is 0 Å². The Morgan fingerprint density at radius 3 is 1.45 bits per heavy atom. The third kappa shape index (κ3) is 6.93. The zero-order valence-electron chi connectivity index (χ0n) is 20.0. The van der Waals surface area contributed by atoms with E-state index < -0.39 is 23.6 Å². The van der Waals surface area contributed by atoms with Crippen molar-refractivity contribution in [2.24, 2.45) is 0 Å². The second-order valence-corrected chi connectivity index (χ2v) is 13.0. The van der Waals surface area contributed by atoms with Crippen LogP contribution in [0.4, 0.5) is 11.4 Å². The van der Waals surface area contributed by atoms with Gasteiger partial charge in [0.2, 0.25) is 11.8 Å². The number of hydrogen-bond acceptors (Lipinski definition) is 8. The lowest BCUT2D eigenvalue weighted by Gasteiger charge is -2.15. The number of hydrogen-bond donors (Lipinski definition) is 2. The number of nitrogens with zero attached hydrogens (tertiary/aromatic N) is 2. The molecule has 0 aliphatic carbocycles. The molecule has 2 saturated heterocycles. The Balaban J connectivity index is 1.36. The van der Waals surface area contributed by atoms with Gasteiger partial charge in [0.25, 0.3) is 11.8 Å². The first-order valence-electron chi connectivity index (χ1n) is 11.3. The summed E-state index contributed by atoms with van der Waals surface area (Å²) in [4.78, 5) is 53.9.